The molecule has 122 valence electrons. The number of carbonyl (C=O) groups is 1. The number of rotatable bonds is 6. The van der Waals surface area contributed by atoms with Crippen LogP contribution in [0.15, 0.2) is 30.3 Å². The number of nitrogens with one attached hydrogen (secondary N) is 1. The molecule has 0 aromatic heterocycles. The molecule has 2 rings (SSSR count). The van der Waals surface area contributed by atoms with E-state index in [0.717, 1.165) is 18.4 Å². The Morgan fingerprint density at radius 2 is 1.86 bits per heavy atom. The molecule has 1 atom stereocenters. The highest BCUT2D eigenvalue weighted by molar-refractivity contribution is 7.91. The molecule has 1 saturated heterocycles. The van der Waals surface area contributed by atoms with Gasteiger partial charge in [-0.3, -0.25) is 9.69 Å². The first-order valence-electron chi connectivity index (χ1n) is 7.80. The van der Waals surface area contributed by atoms with E-state index in [9.17, 15) is 13.2 Å². The summed E-state index contributed by atoms with van der Waals surface area (Å²) in [5.74, 6) is 0.205. The second-order valence-electron chi connectivity index (χ2n) is 5.65. The number of nitrogens with zero attached hydrogens (tertiary/aromatic N) is 1. The standard InChI is InChI=1S/C16H24N2O3S/c1-2-3-9-17-16(19)15(14-7-5-4-6-8-14)18-10-12-22(20,21)13-11-18/h4-8,15H,2-3,9-13H2,1H3,(H,17,19)/t15-/m0/s1. The number of hydrogen-bond donors (Lipinski definition) is 1. The van der Waals surface area contributed by atoms with Crippen LogP contribution in [0.4, 0.5) is 0 Å². The SMILES string of the molecule is CCCCNC(=O)[C@H](c1ccccc1)N1CCS(=O)(=O)CC1. The Morgan fingerprint density at radius 1 is 1.23 bits per heavy atom. The molecule has 0 unspecified atom stereocenters. The van der Waals surface area contributed by atoms with Crippen molar-refractivity contribution in [2.75, 3.05) is 31.1 Å². The maximum absolute atomic E-state index is 12.6. The first-order chi connectivity index (χ1) is 10.5. The van der Waals surface area contributed by atoms with E-state index < -0.39 is 15.9 Å². The first kappa shape index (κ1) is 17.0. The summed E-state index contributed by atoms with van der Waals surface area (Å²) < 4.78 is 23.2. The van der Waals surface area contributed by atoms with E-state index in [1.807, 2.05) is 35.2 Å². The lowest BCUT2D eigenvalue weighted by molar-refractivity contribution is -0.126. The van der Waals surface area contributed by atoms with Crippen molar-refractivity contribution < 1.29 is 13.2 Å². The van der Waals surface area contributed by atoms with Gasteiger partial charge in [0.05, 0.1) is 11.5 Å². The highest BCUT2D eigenvalue weighted by Gasteiger charge is 2.32. The number of benzene rings is 1. The van der Waals surface area contributed by atoms with Gasteiger partial charge in [0.25, 0.3) is 0 Å². The van der Waals surface area contributed by atoms with E-state index in [4.69, 9.17) is 0 Å². The smallest absolute Gasteiger partial charge is 0.241 e. The zero-order chi connectivity index (χ0) is 16.0. The van der Waals surface area contributed by atoms with Crippen molar-refractivity contribution in [2.24, 2.45) is 0 Å². The quantitative estimate of drug-likeness (QED) is 0.803. The third-order valence-electron chi connectivity index (χ3n) is 3.94. The molecule has 0 bridgehead atoms. The van der Waals surface area contributed by atoms with Crippen molar-refractivity contribution in [1.29, 1.82) is 0 Å². The molecule has 0 spiro atoms. The van der Waals surface area contributed by atoms with E-state index in [-0.39, 0.29) is 17.4 Å². The van der Waals surface area contributed by atoms with Crippen LogP contribution >= 0.6 is 0 Å². The Kier molecular flexibility index (Phi) is 5.97. The molecule has 22 heavy (non-hydrogen) atoms. The minimum atomic E-state index is -2.95. The van der Waals surface area contributed by atoms with Crippen LogP contribution in [0.2, 0.25) is 0 Å². The molecule has 1 amide bonds. The summed E-state index contributed by atoms with van der Waals surface area (Å²) in [6.45, 7) is 3.55. The monoisotopic (exact) mass is 324 g/mol. The fourth-order valence-corrected chi connectivity index (χ4v) is 3.86. The molecule has 0 radical (unpaired) electrons. The number of amides is 1. The minimum Gasteiger partial charge on any atom is -0.354 e. The third kappa shape index (κ3) is 4.55. The molecule has 1 aromatic carbocycles. The Bertz CT molecular complexity index is 573. The molecular formula is C16H24N2O3S. The Balaban J connectivity index is 2.13. The van der Waals surface area contributed by atoms with Crippen LogP contribution < -0.4 is 5.32 Å². The Labute approximate surface area is 132 Å². The number of carbonyl (C=O) groups excluding carboxylic acids is 1. The van der Waals surface area contributed by atoms with Crippen LogP contribution in [-0.4, -0.2) is 50.4 Å². The topological polar surface area (TPSA) is 66.5 Å². The average Bonchev–Trinajstić information content (AvgIpc) is 2.50. The molecule has 1 heterocycles. The van der Waals surface area contributed by atoms with Gasteiger partial charge in [0.15, 0.2) is 9.84 Å². The molecule has 1 aliphatic heterocycles. The summed E-state index contributed by atoms with van der Waals surface area (Å²) in [7, 11) is -2.95. The van der Waals surface area contributed by atoms with E-state index in [2.05, 4.69) is 12.2 Å². The summed E-state index contributed by atoms with van der Waals surface area (Å²) in [5.41, 5.74) is 0.913. The van der Waals surface area contributed by atoms with Crippen molar-refractivity contribution in [1.82, 2.24) is 10.2 Å². The Morgan fingerprint density at radius 3 is 2.45 bits per heavy atom. The van der Waals surface area contributed by atoms with Crippen LogP contribution in [0.25, 0.3) is 0 Å². The number of sulfone groups is 1. The van der Waals surface area contributed by atoms with Gasteiger partial charge in [-0.15, -0.1) is 0 Å². The van der Waals surface area contributed by atoms with Gasteiger partial charge < -0.3 is 5.32 Å². The predicted molar refractivity (Wildman–Crippen MR) is 87.3 cm³/mol. The summed E-state index contributed by atoms with van der Waals surface area (Å²) in [5, 5.41) is 2.97. The molecule has 1 fully saturated rings. The van der Waals surface area contributed by atoms with Gasteiger partial charge in [0, 0.05) is 19.6 Å². The largest absolute Gasteiger partial charge is 0.354 e. The summed E-state index contributed by atoms with van der Waals surface area (Å²) in [6.07, 6.45) is 1.97. The van der Waals surface area contributed by atoms with Crippen molar-refractivity contribution in [3.8, 4) is 0 Å². The van der Waals surface area contributed by atoms with Crippen molar-refractivity contribution in [3.05, 3.63) is 35.9 Å². The lowest BCUT2D eigenvalue weighted by atomic mass is 10.0. The van der Waals surface area contributed by atoms with Crippen LogP contribution in [0.5, 0.6) is 0 Å². The summed E-state index contributed by atoms with van der Waals surface area (Å²) >= 11 is 0. The lowest BCUT2D eigenvalue weighted by Crippen LogP contribution is -2.47. The molecule has 0 saturated carbocycles. The van der Waals surface area contributed by atoms with Gasteiger partial charge in [0.1, 0.15) is 6.04 Å². The number of hydrogen-bond acceptors (Lipinski definition) is 4. The maximum Gasteiger partial charge on any atom is 0.241 e. The second-order valence-corrected chi connectivity index (χ2v) is 7.95. The molecule has 6 heteroatoms. The van der Waals surface area contributed by atoms with Gasteiger partial charge in [-0.2, -0.15) is 0 Å². The van der Waals surface area contributed by atoms with Crippen molar-refractivity contribution in [2.45, 2.75) is 25.8 Å². The minimum absolute atomic E-state index is 0.0426. The first-order valence-corrected chi connectivity index (χ1v) is 9.63. The van der Waals surface area contributed by atoms with E-state index >= 15 is 0 Å². The van der Waals surface area contributed by atoms with Crippen LogP contribution in [0.1, 0.15) is 31.4 Å². The fourth-order valence-electron chi connectivity index (χ4n) is 2.63. The van der Waals surface area contributed by atoms with E-state index in [0.29, 0.717) is 19.6 Å². The fraction of sp³-hybridized carbons (Fsp3) is 0.562. The zero-order valence-electron chi connectivity index (χ0n) is 13.0. The molecule has 0 aliphatic carbocycles. The molecular weight excluding hydrogens is 300 g/mol. The summed E-state index contributed by atoms with van der Waals surface area (Å²) in [4.78, 5) is 14.5. The Hall–Kier alpha value is -1.40. The molecule has 5 nitrogen and oxygen atoms in total. The number of unbranched alkanes of at least 4 members (excludes halogenated alkanes) is 1. The third-order valence-corrected chi connectivity index (χ3v) is 5.55. The predicted octanol–water partition coefficient (Wildman–Crippen LogP) is 1.37. The molecule has 1 aromatic rings. The van der Waals surface area contributed by atoms with Crippen molar-refractivity contribution in [3.63, 3.8) is 0 Å². The van der Waals surface area contributed by atoms with Crippen molar-refractivity contribution >= 4 is 15.7 Å². The van der Waals surface area contributed by atoms with Gasteiger partial charge in [-0.1, -0.05) is 43.7 Å². The average molecular weight is 324 g/mol. The van der Waals surface area contributed by atoms with Gasteiger partial charge in [-0.25, -0.2) is 8.42 Å². The van der Waals surface area contributed by atoms with Crippen LogP contribution in [0.3, 0.4) is 0 Å². The normalized spacial score (nSPS) is 19.5. The van der Waals surface area contributed by atoms with E-state index in [1.54, 1.807) is 0 Å². The van der Waals surface area contributed by atoms with Gasteiger partial charge in [0.2, 0.25) is 5.91 Å². The summed E-state index contributed by atoms with van der Waals surface area (Å²) in [6, 6.07) is 9.16. The molecule has 1 aliphatic rings. The lowest BCUT2D eigenvalue weighted by Gasteiger charge is -2.33. The second kappa shape index (κ2) is 7.74. The highest BCUT2D eigenvalue weighted by Crippen LogP contribution is 2.23. The van der Waals surface area contributed by atoms with Crippen LogP contribution in [0, 0.1) is 0 Å². The van der Waals surface area contributed by atoms with Gasteiger partial charge >= 0.3 is 0 Å². The zero-order valence-corrected chi connectivity index (χ0v) is 13.8. The highest BCUT2D eigenvalue weighted by atomic mass is 32.2. The molecule has 1 N–H and O–H groups in total. The van der Waals surface area contributed by atoms with Gasteiger partial charge in [-0.05, 0) is 12.0 Å². The van der Waals surface area contributed by atoms with Crippen LogP contribution in [-0.2, 0) is 14.6 Å². The maximum atomic E-state index is 12.6. The van der Waals surface area contributed by atoms with E-state index in [1.165, 1.54) is 0 Å².